The Morgan fingerprint density at radius 1 is 1.12 bits per heavy atom. The van der Waals surface area contributed by atoms with Gasteiger partial charge in [-0.3, -0.25) is 0 Å². The Bertz CT molecular complexity index is 545. The minimum atomic E-state index is -0.0301. The fourth-order valence-electron chi connectivity index (χ4n) is 2.03. The monoisotopic (exact) mass is 309 g/mol. The van der Waals surface area contributed by atoms with E-state index in [9.17, 15) is 0 Å². The lowest BCUT2D eigenvalue weighted by atomic mass is 9.95. The number of hydrogen-bond donors (Lipinski definition) is 1. The highest BCUT2D eigenvalue weighted by Crippen LogP contribution is 2.33. The van der Waals surface area contributed by atoms with Crippen molar-refractivity contribution >= 4 is 27.3 Å². The first-order valence-corrected chi connectivity index (χ1v) is 7.18. The van der Waals surface area contributed by atoms with E-state index in [0.29, 0.717) is 0 Å². The minimum absolute atomic E-state index is 0.0301. The predicted octanol–water partition coefficient (Wildman–Crippen LogP) is 4.48. The molecule has 1 heterocycles. The van der Waals surface area contributed by atoms with E-state index in [2.05, 4.69) is 61.0 Å². The zero-order valence-corrected chi connectivity index (χ0v) is 12.7. The van der Waals surface area contributed by atoms with Crippen LogP contribution in [0.4, 0.5) is 0 Å². The van der Waals surface area contributed by atoms with E-state index < -0.39 is 0 Å². The van der Waals surface area contributed by atoms with E-state index in [1.165, 1.54) is 27.1 Å². The van der Waals surface area contributed by atoms with Gasteiger partial charge in [0.15, 0.2) is 0 Å². The van der Waals surface area contributed by atoms with E-state index in [-0.39, 0.29) is 6.04 Å². The molecule has 1 aromatic heterocycles. The van der Waals surface area contributed by atoms with Crippen LogP contribution in [0.5, 0.6) is 0 Å². The normalized spacial score (nSPS) is 12.8. The summed E-state index contributed by atoms with van der Waals surface area (Å²) in [7, 11) is 0. The van der Waals surface area contributed by atoms with Crippen molar-refractivity contribution in [3.8, 4) is 0 Å². The van der Waals surface area contributed by atoms with Crippen molar-refractivity contribution < 1.29 is 0 Å². The Balaban J connectivity index is 2.46. The molecule has 0 saturated carbocycles. The molecule has 0 aliphatic rings. The summed E-state index contributed by atoms with van der Waals surface area (Å²) in [6.45, 7) is 6.34. The molecule has 17 heavy (non-hydrogen) atoms. The second-order valence-electron chi connectivity index (χ2n) is 4.40. The highest BCUT2D eigenvalue weighted by molar-refractivity contribution is 9.11. The van der Waals surface area contributed by atoms with Crippen LogP contribution >= 0.6 is 27.3 Å². The average molecular weight is 310 g/mol. The number of benzene rings is 1. The number of rotatable bonds is 2. The van der Waals surface area contributed by atoms with Crippen molar-refractivity contribution in [1.29, 1.82) is 0 Å². The van der Waals surface area contributed by atoms with Crippen LogP contribution in [0, 0.1) is 20.8 Å². The van der Waals surface area contributed by atoms with Gasteiger partial charge in [0.25, 0.3) is 0 Å². The Morgan fingerprint density at radius 2 is 1.82 bits per heavy atom. The number of nitrogens with two attached hydrogens (primary N) is 1. The standard InChI is InChI=1S/C14H16BrNS/c1-8-4-5-9(2)11(6-8)14(16)12-7-13(15)17-10(12)3/h4-7,14H,16H2,1-3H3. The lowest BCUT2D eigenvalue weighted by molar-refractivity contribution is 0.857. The van der Waals surface area contributed by atoms with Gasteiger partial charge in [-0.25, -0.2) is 0 Å². The van der Waals surface area contributed by atoms with Crippen molar-refractivity contribution in [2.45, 2.75) is 26.8 Å². The molecule has 90 valence electrons. The summed E-state index contributed by atoms with van der Waals surface area (Å²) in [5.41, 5.74) is 11.3. The van der Waals surface area contributed by atoms with Crippen molar-refractivity contribution in [3.63, 3.8) is 0 Å². The number of hydrogen-bond acceptors (Lipinski definition) is 2. The summed E-state index contributed by atoms with van der Waals surface area (Å²) in [4.78, 5) is 1.28. The molecule has 1 unspecified atom stereocenters. The fourth-order valence-corrected chi connectivity index (χ4v) is 3.79. The summed E-state index contributed by atoms with van der Waals surface area (Å²) in [6, 6.07) is 8.55. The Hall–Kier alpha value is -0.640. The first-order valence-electron chi connectivity index (χ1n) is 5.57. The third-order valence-electron chi connectivity index (χ3n) is 3.03. The summed E-state index contributed by atoms with van der Waals surface area (Å²) in [6.07, 6.45) is 0. The summed E-state index contributed by atoms with van der Waals surface area (Å²) in [5, 5.41) is 0. The molecule has 0 fully saturated rings. The van der Waals surface area contributed by atoms with Crippen molar-refractivity contribution in [3.05, 3.63) is 55.2 Å². The molecule has 0 saturated heterocycles. The van der Waals surface area contributed by atoms with E-state index in [0.717, 1.165) is 3.79 Å². The lowest BCUT2D eigenvalue weighted by Crippen LogP contribution is -2.13. The smallest absolute Gasteiger partial charge is 0.0704 e. The first-order chi connectivity index (χ1) is 7.99. The van der Waals surface area contributed by atoms with Crippen LogP contribution in [0.3, 0.4) is 0 Å². The minimum Gasteiger partial charge on any atom is -0.320 e. The Morgan fingerprint density at radius 3 is 2.41 bits per heavy atom. The molecule has 0 aliphatic carbocycles. The van der Waals surface area contributed by atoms with Crippen molar-refractivity contribution in [2.24, 2.45) is 5.73 Å². The molecule has 0 radical (unpaired) electrons. The van der Waals surface area contributed by atoms with E-state index in [1.54, 1.807) is 11.3 Å². The largest absolute Gasteiger partial charge is 0.320 e. The lowest BCUT2D eigenvalue weighted by Gasteiger charge is -2.15. The van der Waals surface area contributed by atoms with Crippen LogP contribution < -0.4 is 5.73 Å². The molecule has 1 nitrogen and oxygen atoms in total. The van der Waals surface area contributed by atoms with Crippen LogP contribution in [0.15, 0.2) is 28.1 Å². The van der Waals surface area contributed by atoms with Crippen LogP contribution in [0.1, 0.15) is 33.2 Å². The molecule has 2 aromatic rings. The maximum atomic E-state index is 6.39. The Labute approximate surface area is 115 Å². The van der Waals surface area contributed by atoms with Crippen LogP contribution in [0.25, 0.3) is 0 Å². The maximum absolute atomic E-state index is 6.39. The summed E-state index contributed by atoms with van der Waals surface area (Å²) in [5.74, 6) is 0. The van der Waals surface area contributed by atoms with Gasteiger partial charge in [-0.15, -0.1) is 11.3 Å². The second kappa shape index (κ2) is 4.92. The molecule has 2 N–H and O–H groups in total. The van der Waals surface area contributed by atoms with Gasteiger partial charge in [0.05, 0.1) is 9.83 Å². The zero-order valence-electron chi connectivity index (χ0n) is 10.3. The van der Waals surface area contributed by atoms with Gasteiger partial charge < -0.3 is 5.73 Å². The third kappa shape index (κ3) is 2.62. The molecular formula is C14H16BrNS. The maximum Gasteiger partial charge on any atom is 0.0704 e. The van der Waals surface area contributed by atoms with E-state index in [1.807, 2.05) is 0 Å². The highest BCUT2D eigenvalue weighted by atomic mass is 79.9. The molecule has 0 spiro atoms. The van der Waals surface area contributed by atoms with Gasteiger partial charge >= 0.3 is 0 Å². The van der Waals surface area contributed by atoms with Gasteiger partial charge in [-0.2, -0.15) is 0 Å². The van der Waals surface area contributed by atoms with Crippen LogP contribution in [0.2, 0.25) is 0 Å². The highest BCUT2D eigenvalue weighted by Gasteiger charge is 2.16. The molecule has 2 rings (SSSR count). The third-order valence-corrected chi connectivity index (χ3v) is 4.60. The topological polar surface area (TPSA) is 26.0 Å². The first kappa shape index (κ1) is 12.8. The van der Waals surface area contributed by atoms with Gasteiger partial charge in [0, 0.05) is 4.88 Å². The van der Waals surface area contributed by atoms with Crippen LogP contribution in [-0.4, -0.2) is 0 Å². The second-order valence-corrected chi connectivity index (χ2v) is 7.04. The molecule has 1 atom stereocenters. The molecule has 0 amide bonds. The summed E-state index contributed by atoms with van der Waals surface area (Å²) >= 11 is 5.26. The number of thiophene rings is 1. The van der Waals surface area contributed by atoms with Crippen molar-refractivity contribution in [2.75, 3.05) is 0 Å². The molecule has 0 bridgehead atoms. The van der Waals surface area contributed by atoms with E-state index >= 15 is 0 Å². The fraction of sp³-hybridized carbons (Fsp3) is 0.286. The Kier molecular flexibility index (Phi) is 3.71. The van der Waals surface area contributed by atoms with Crippen LogP contribution in [-0.2, 0) is 0 Å². The van der Waals surface area contributed by atoms with Gasteiger partial charge in [-0.05, 0) is 59.5 Å². The van der Waals surface area contributed by atoms with Gasteiger partial charge in [0.1, 0.15) is 0 Å². The van der Waals surface area contributed by atoms with Gasteiger partial charge in [-0.1, -0.05) is 23.8 Å². The molecule has 0 aliphatic heterocycles. The van der Waals surface area contributed by atoms with Crippen molar-refractivity contribution in [1.82, 2.24) is 0 Å². The quantitative estimate of drug-likeness (QED) is 0.869. The number of halogens is 1. The SMILES string of the molecule is Cc1ccc(C)c(C(N)c2cc(Br)sc2C)c1. The molecule has 3 heteroatoms. The molecular weight excluding hydrogens is 294 g/mol. The summed E-state index contributed by atoms with van der Waals surface area (Å²) < 4.78 is 1.14. The molecule has 1 aromatic carbocycles. The number of aryl methyl sites for hydroxylation is 3. The zero-order chi connectivity index (χ0) is 12.6. The van der Waals surface area contributed by atoms with Gasteiger partial charge in [0.2, 0.25) is 0 Å². The average Bonchev–Trinajstić information content (AvgIpc) is 2.60. The van der Waals surface area contributed by atoms with E-state index in [4.69, 9.17) is 5.73 Å². The predicted molar refractivity (Wildman–Crippen MR) is 78.7 cm³/mol.